The second kappa shape index (κ2) is 4.13. The summed E-state index contributed by atoms with van der Waals surface area (Å²) in [6.45, 7) is 1.45. The van der Waals surface area contributed by atoms with Crippen LogP contribution in [0.25, 0.3) is 6.08 Å². The minimum Gasteiger partial charge on any atom is -0.507 e. The van der Waals surface area contributed by atoms with Crippen LogP contribution in [-0.4, -0.2) is 24.6 Å². The number of aliphatic carboxylic acids is 1. The molecule has 0 saturated heterocycles. The molecule has 0 aromatic heterocycles. The molecule has 0 bridgehead atoms. The van der Waals surface area contributed by atoms with Crippen molar-refractivity contribution in [3.05, 3.63) is 28.7 Å². The molecule has 18 heavy (non-hydrogen) atoms. The van der Waals surface area contributed by atoms with Gasteiger partial charge in [-0.1, -0.05) is 13.0 Å². The van der Waals surface area contributed by atoms with E-state index in [2.05, 4.69) is 0 Å². The molecule has 1 unspecified atom stereocenters. The molecule has 5 nitrogen and oxygen atoms in total. The number of benzene rings is 1. The van der Waals surface area contributed by atoms with Crippen LogP contribution < -0.4 is 0 Å². The van der Waals surface area contributed by atoms with Crippen LogP contribution >= 0.6 is 0 Å². The number of carbonyl (C=O) groups is 1. The second-order valence-corrected chi connectivity index (χ2v) is 6.22. The van der Waals surface area contributed by atoms with E-state index in [1.165, 1.54) is 31.2 Å². The van der Waals surface area contributed by atoms with Crippen LogP contribution in [0.4, 0.5) is 0 Å². The van der Waals surface area contributed by atoms with Gasteiger partial charge < -0.3 is 10.2 Å². The fourth-order valence-corrected chi connectivity index (χ4v) is 3.58. The first kappa shape index (κ1) is 12.6. The maximum Gasteiger partial charge on any atom is 0.306 e. The molecule has 0 amide bonds. The zero-order valence-electron chi connectivity index (χ0n) is 9.62. The highest BCUT2D eigenvalue weighted by Gasteiger charge is 2.32. The topological polar surface area (TPSA) is 91.7 Å². The van der Waals surface area contributed by atoms with Crippen LogP contribution in [0.5, 0.6) is 5.75 Å². The predicted octanol–water partition coefficient (Wildman–Crippen LogP) is 1.63. The van der Waals surface area contributed by atoms with Gasteiger partial charge in [-0.25, -0.2) is 8.42 Å². The lowest BCUT2D eigenvalue weighted by molar-refractivity contribution is -0.141. The number of carboxylic acids is 1. The molecule has 1 atom stereocenters. The van der Waals surface area contributed by atoms with Crippen LogP contribution in [-0.2, 0) is 14.6 Å². The lowest BCUT2D eigenvalue weighted by Crippen LogP contribution is -2.12. The Morgan fingerprint density at radius 2 is 2.06 bits per heavy atom. The molecule has 1 aliphatic heterocycles. The quantitative estimate of drug-likeness (QED) is 0.869. The van der Waals surface area contributed by atoms with E-state index < -0.39 is 21.7 Å². The molecule has 0 aliphatic carbocycles. The van der Waals surface area contributed by atoms with E-state index in [1.807, 2.05) is 0 Å². The van der Waals surface area contributed by atoms with E-state index in [1.54, 1.807) is 0 Å². The zero-order chi connectivity index (χ0) is 13.5. The van der Waals surface area contributed by atoms with Gasteiger partial charge in [-0.05, 0) is 24.6 Å². The molecule has 2 N–H and O–H groups in total. The molecule has 2 rings (SSSR count). The smallest absolute Gasteiger partial charge is 0.306 e. The third-order valence-corrected chi connectivity index (χ3v) is 4.82. The van der Waals surface area contributed by atoms with Gasteiger partial charge in [0.1, 0.15) is 5.75 Å². The van der Waals surface area contributed by atoms with Gasteiger partial charge in [-0.15, -0.1) is 0 Å². The molecule has 1 heterocycles. The number of fused-ring (bicyclic) bond motifs is 1. The largest absolute Gasteiger partial charge is 0.507 e. The molecule has 0 radical (unpaired) electrons. The third kappa shape index (κ3) is 1.88. The monoisotopic (exact) mass is 268 g/mol. The van der Waals surface area contributed by atoms with Crippen molar-refractivity contribution < 1.29 is 23.4 Å². The molecule has 1 aliphatic rings. The summed E-state index contributed by atoms with van der Waals surface area (Å²) in [5, 5.41) is 18.4. The number of phenols is 1. The predicted molar refractivity (Wildman–Crippen MR) is 64.7 cm³/mol. The number of carboxylic acid groups (broad SMARTS) is 1. The van der Waals surface area contributed by atoms with Gasteiger partial charge in [0.2, 0.25) is 9.84 Å². The van der Waals surface area contributed by atoms with Crippen molar-refractivity contribution in [3.8, 4) is 5.75 Å². The SMILES string of the molecule is CC(CC1=Cc2c(O)cccc2S1(=O)=O)C(=O)O. The number of hydrogen-bond acceptors (Lipinski definition) is 4. The molecule has 96 valence electrons. The van der Waals surface area contributed by atoms with Crippen molar-refractivity contribution in [2.75, 3.05) is 0 Å². The van der Waals surface area contributed by atoms with E-state index in [-0.39, 0.29) is 27.5 Å². The molecule has 0 saturated carbocycles. The third-order valence-electron chi connectivity index (χ3n) is 2.91. The first-order chi connectivity index (χ1) is 8.34. The summed E-state index contributed by atoms with van der Waals surface area (Å²) in [7, 11) is -3.66. The van der Waals surface area contributed by atoms with Crippen LogP contribution in [0.15, 0.2) is 28.0 Å². The average molecular weight is 268 g/mol. The van der Waals surface area contributed by atoms with E-state index in [9.17, 15) is 18.3 Å². The molecular weight excluding hydrogens is 256 g/mol. The lowest BCUT2D eigenvalue weighted by Gasteiger charge is -2.07. The lowest BCUT2D eigenvalue weighted by atomic mass is 10.1. The summed E-state index contributed by atoms with van der Waals surface area (Å²) >= 11 is 0. The highest BCUT2D eigenvalue weighted by Crippen LogP contribution is 2.39. The van der Waals surface area contributed by atoms with E-state index in [4.69, 9.17) is 5.11 Å². The number of phenolic OH excluding ortho intramolecular Hbond substituents is 1. The Hall–Kier alpha value is -1.82. The van der Waals surface area contributed by atoms with Gasteiger partial charge in [0.25, 0.3) is 0 Å². The standard InChI is InChI=1S/C12H12O5S/c1-7(12(14)15)5-8-6-9-10(13)3-2-4-11(9)18(8,16)17/h2-4,6-7,13H,5H2,1H3,(H,14,15). The van der Waals surface area contributed by atoms with Gasteiger partial charge in [0, 0.05) is 5.56 Å². The first-order valence-electron chi connectivity index (χ1n) is 5.34. The Morgan fingerprint density at radius 1 is 1.39 bits per heavy atom. The number of hydrogen-bond donors (Lipinski definition) is 2. The number of sulfone groups is 1. The minimum atomic E-state index is -3.66. The van der Waals surface area contributed by atoms with Crippen molar-refractivity contribution in [1.82, 2.24) is 0 Å². The Labute approximate surface area is 104 Å². The van der Waals surface area contributed by atoms with Crippen LogP contribution in [0.3, 0.4) is 0 Å². The van der Waals surface area contributed by atoms with Gasteiger partial charge in [-0.2, -0.15) is 0 Å². The highest BCUT2D eigenvalue weighted by atomic mass is 32.2. The van der Waals surface area contributed by atoms with Crippen molar-refractivity contribution in [2.24, 2.45) is 5.92 Å². The summed E-state index contributed by atoms with van der Waals surface area (Å²) in [4.78, 5) is 10.8. The molecular formula is C12H12O5S. The number of rotatable bonds is 3. The Kier molecular flexibility index (Phi) is 2.90. The van der Waals surface area contributed by atoms with Crippen LogP contribution in [0.1, 0.15) is 18.9 Å². The number of allylic oxidation sites excluding steroid dienone is 1. The van der Waals surface area contributed by atoms with E-state index >= 15 is 0 Å². The molecule has 0 spiro atoms. The summed E-state index contributed by atoms with van der Waals surface area (Å²) in [6, 6.07) is 4.25. The molecule has 1 aromatic rings. The molecule has 6 heteroatoms. The van der Waals surface area contributed by atoms with E-state index in [0.29, 0.717) is 0 Å². The average Bonchev–Trinajstić information content (AvgIpc) is 2.53. The Bertz CT molecular complexity index is 642. The first-order valence-corrected chi connectivity index (χ1v) is 6.83. The molecule has 0 fully saturated rings. The summed E-state index contributed by atoms with van der Waals surface area (Å²) in [5.41, 5.74) is 0.241. The highest BCUT2D eigenvalue weighted by molar-refractivity contribution is 7.95. The van der Waals surface area contributed by atoms with E-state index in [0.717, 1.165) is 0 Å². The van der Waals surface area contributed by atoms with Crippen LogP contribution in [0.2, 0.25) is 0 Å². The van der Waals surface area contributed by atoms with Crippen molar-refractivity contribution in [3.63, 3.8) is 0 Å². The summed E-state index contributed by atoms with van der Waals surface area (Å²) < 4.78 is 24.2. The van der Waals surface area contributed by atoms with Gasteiger partial charge in [0.15, 0.2) is 0 Å². The summed E-state index contributed by atoms with van der Waals surface area (Å²) in [5.74, 6) is -1.96. The fraction of sp³-hybridized carbons (Fsp3) is 0.250. The zero-order valence-corrected chi connectivity index (χ0v) is 10.4. The Morgan fingerprint density at radius 3 is 2.61 bits per heavy atom. The van der Waals surface area contributed by atoms with Crippen molar-refractivity contribution in [1.29, 1.82) is 0 Å². The van der Waals surface area contributed by atoms with Crippen molar-refractivity contribution in [2.45, 2.75) is 18.2 Å². The van der Waals surface area contributed by atoms with Gasteiger partial charge in [-0.3, -0.25) is 4.79 Å². The minimum absolute atomic E-state index is 0.0360. The second-order valence-electron chi connectivity index (χ2n) is 4.25. The molecule has 1 aromatic carbocycles. The van der Waals surface area contributed by atoms with Gasteiger partial charge >= 0.3 is 5.97 Å². The maximum absolute atomic E-state index is 12.1. The van der Waals surface area contributed by atoms with Gasteiger partial charge in [0.05, 0.1) is 15.7 Å². The summed E-state index contributed by atoms with van der Waals surface area (Å²) in [6.07, 6.45) is 1.27. The normalized spacial score (nSPS) is 17.9. The Balaban J connectivity index is 2.46. The maximum atomic E-state index is 12.1. The fourth-order valence-electron chi connectivity index (χ4n) is 1.85. The number of aromatic hydroxyl groups is 1. The van der Waals surface area contributed by atoms with Crippen LogP contribution in [0, 0.1) is 5.92 Å². The van der Waals surface area contributed by atoms with Crippen molar-refractivity contribution >= 4 is 21.9 Å².